The lowest BCUT2D eigenvalue weighted by atomic mass is 10.3. The van der Waals surface area contributed by atoms with E-state index >= 15 is 0 Å². The Hall–Kier alpha value is -1.49. The summed E-state index contributed by atoms with van der Waals surface area (Å²) >= 11 is 5.77. The average molecular weight is 245 g/mol. The maximum atomic E-state index is 11.7. The molecular formula is C10H13ClN2O3. The van der Waals surface area contributed by atoms with E-state index < -0.39 is 17.9 Å². The number of nitrogens with zero attached hydrogens (tertiary/aromatic N) is 1. The van der Waals surface area contributed by atoms with E-state index in [9.17, 15) is 9.59 Å². The van der Waals surface area contributed by atoms with Crippen molar-refractivity contribution >= 4 is 23.5 Å². The van der Waals surface area contributed by atoms with Crippen LogP contribution in [0, 0.1) is 0 Å². The van der Waals surface area contributed by atoms with Gasteiger partial charge >= 0.3 is 5.97 Å². The molecule has 0 saturated heterocycles. The van der Waals surface area contributed by atoms with Crippen LogP contribution in [0.2, 0.25) is 5.02 Å². The number of carbonyl (C=O) groups excluding carboxylic acids is 1. The zero-order valence-electron chi connectivity index (χ0n) is 9.03. The highest BCUT2D eigenvalue weighted by molar-refractivity contribution is 6.31. The Bertz CT molecular complexity index is 414. The number of carboxylic acids is 1. The number of hydrogen-bond donors (Lipinski definition) is 2. The summed E-state index contributed by atoms with van der Waals surface area (Å²) in [6.45, 7) is 3.87. The summed E-state index contributed by atoms with van der Waals surface area (Å²) in [6, 6.07) is 0.584. The van der Waals surface area contributed by atoms with Crippen molar-refractivity contribution in [1.82, 2.24) is 9.88 Å². The third kappa shape index (κ3) is 2.76. The highest BCUT2D eigenvalue weighted by Crippen LogP contribution is 2.14. The molecule has 1 aromatic rings. The van der Waals surface area contributed by atoms with Gasteiger partial charge in [0.1, 0.15) is 11.7 Å². The summed E-state index contributed by atoms with van der Waals surface area (Å²) < 4.78 is 1.66. The first-order valence-electron chi connectivity index (χ1n) is 4.85. The fourth-order valence-electron chi connectivity index (χ4n) is 1.26. The molecule has 0 unspecified atom stereocenters. The van der Waals surface area contributed by atoms with Crippen LogP contribution in [-0.2, 0) is 11.3 Å². The summed E-state index contributed by atoms with van der Waals surface area (Å²) in [5.41, 5.74) is 0.362. The predicted molar refractivity (Wildman–Crippen MR) is 59.7 cm³/mol. The summed E-state index contributed by atoms with van der Waals surface area (Å²) in [4.78, 5) is 22.3. The molecule has 1 aromatic heterocycles. The van der Waals surface area contributed by atoms with Crippen molar-refractivity contribution in [3.63, 3.8) is 0 Å². The van der Waals surface area contributed by atoms with Crippen molar-refractivity contribution in [2.45, 2.75) is 26.4 Å². The van der Waals surface area contributed by atoms with Gasteiger partial charge in [-0.15, -0.1) is 0 Å². The van der Waals surface area contributed by atoms with Gasteiger partial charge in [0.15, 0.2) is 0 Å². The Morgan fingerprint density at radius 3 is 2.75 bits per heavy atom. The second-order valence-corrected chi connectivity index (χ2v) is 3.80. The number of halogens is 1. The maximum absolute atomic E-state index is 11.7. The number of aromatic nitrogens is 1. The number of amides is 1. The molecule has 0 radical (unpaired) electrons. The van der Waals surface area contributed by atoms with Crippen molar-refractivity contribution in [3.05, 3.63) is 23.0 Å². The topological polar surface area (TPSA) is 71.3 Å². The molecule has 0 aliphatic rings. The Morgan fingerprint density at radius 2 is 2.25 bits per heavy atom. The first-order valence-corrected chi connectivity index (χ1v) is 5.22. The van der Waals surface area contributed by atoms with Crippen LogP contribution in [0.25, 0.3) is 0 Å². The molecule has 0 aromatic carbocycles. The van der Waals surface area contributed by atoms with Gasteiger partial charge in [-0.05, 0) is 19.9 Å². The minimum Gasteiger partial charge on any atom is -0.480 e. The Kier molecular flexibility index (Phi) is 3.95. The van der Waals surface area contributed by atoms with E-state index in [1.165, 1.54) is 13.0 Å². The van der Waals surface area contributed by atoms with Crippen LogP contribution < -0.4 is 5.32 Å². The van der Waals surface area contributed by atoms with Gasteiger partial charge in [0.25, 0.3) is 5.91 Å². The van der Waals surface area contributed by atoms with Gasteiger partial charge in [0.05, 0.1) is 5.02 Å². The highest BCUT2D eigenvalue weighted by atomic mass is 35.5. The van der Waals surface area contributed by atoms with Gasteiger partial charge in [-0.3, -0.25) is 9.59 Å². The van der Waals surface area contributed by atoms with Gasteiger partial charge in [0.2, 0.25) is 0 Å². The lowest BCUT2D eigenvalue weighted by Gasteiger charge is -2.10. The number of carbonyl (C=O) groups is 2. The molecule has 1 amide bonds. The molecule has 0 fully saturated rings. The minimum absolute atomic E-state index is 0.362. The highest BCUT2D eigenvalue weighted by Gasteiger charge is 2.18. The molecule has 1 atom stereocenters. The molecule has 0 saturated carbocycles. The number of carboxylic acid groups (broad SMARTS) is 1. The van der Waals surface area contributed by atoms with Gasteiger partial charge in [0, 0.05) is 12.7 Å². The fourth-order valence-corrected chi connectivity index (χ4v) is 1.48. The molecule has 1 rings (SSSR count). The quantitative estimate of drug-likeness (QED) is 0.840. The van der Waals surface area contributed by atoms with E-state index in [-0.39, 0.29) is 0 Å². The van der Waals surface area contributed by atoms with Crippen LogP contribution in [0.5, 0.6) is 0 Å². The molecule has 16 heavy (non-hydrogen) atoms. The molecule has 0 bridgehead atoms. The van der Waals surface area contributed by atoms with E-state index in [2.05, 4.69) is 5.32 Å². The van der Waals surface area contributed by atoms with Crippen molar-refractivity contribution in [2.24, 2.45) is 0 Å². The number of rotatable bonds is 4. The summed E-state index contributed by atoms with van der Waals surface area (Å²) in [6.07, 6.45) is 1.63. The van der Waals surface area contributed by atoms with Gasteiger partial charge in [-0.1, -0.05) is 11.6 Å². The zero-order chi connectivity index (χ0) is 12.3. The predicted octanol–water partition coefficient (Wildman–Crippen LogP) is 1.36. The van der Waals surface area contributed by atoms with Crippen LogP contribution in [0.4, 0.5) is 0 Å². The van der Waals surface area contributed by atoms with Gasteiger partial charge in [-0.2, -0.15) is 0 Å². The van der Waals surface area contributed by atoms with Crippen LogP contribution >= 0.6 is 11.6 Å². The third-order valence-corrected chi connectivity index (χ3v) is 2.36. The lowest BCUT2D eigenvalue weighted by Crippen LogP contribution is -2.39. The van der Waals surface area contributed by atoms with Crippen molar-refractivity contribution in [2.75, 3.05) is 0 Å². The van der Waals surface area contributed by atoms with E-state index in [1.807, 2.05) is 6.92 Å². The van der Waals surface area contributed by atoms with Crippen molar-refractivity contribution in [3.8, 4) is 0 Å². The third-order valence-electron chi connectivity index (χ3n) is 2.15. The van der Waals surface area contributed by atoms with E-state index in [1.54, 1.807) is 10.8 Å². The smallest absolute Gasteiger partial charge is 0.325 e. The number of aliphatic carboxylic acids is 1. The number of hydrogen-bond acceptors (Lipinski definition) is 2. The molecule has 0 aliphatic carbocycles. The molecule has 5 nitrogen and oxygen atoms in total. The standard InChI is InChI=1S/C10H13ClN2O3/c1-3-13-5-7(11)4-8(13)9(14)12-6(2)10(15)16/h4-6H,3H2,1-2H3,(H,12,14)(H,15,16)/t6-/m1/s1. The van der Waals surface area contributed by atoms with Gasteiger partial charge in [-0.25, -0.2) is 0 Å². The first-order chi connectivity index (χ1) is 7.45. The van der Waals surface area contributed by atoms with E-state index in [4.69, 9.17) is 16.7 Å². The monoisotopic (exact) mass is 244 g/mol. The summed E-state index contributed by atoms with van der Waals surface area (Å²) in [7, 11) is 0. The second-order valence-electron chi connectivity index (χ2n) is 3.36. The maximum Gasteiger partial charge on any atom is 0.325 e. The normalized spacial score (nSPS) is 12.2. The molecule has 0 aliphatic heterocycles. The van der Waals surface area contributed by atoms with Crippen molar-refractivity contribution < 1.29 is 14.7 Å². The number of nitrogens with one attached hydrogen (secondary N) is 1. The summed E-state index contributed by atoms with van der Waals surface area (Å²) in [5.74, 6) is -1.52. The molecule has 0 spiro atoms. The molecule has 1 heterocycles. The van der Waals surface area contributed by atoms with Gasteiger partial charge < -0.3 is 15.0 Å². The van der Waals surface area contributed by atoms with E-state index in [0.29, 0.717) is 17.3 Å². The van der Waals surface area contributed by atoms with Crippen LogP contribution in [0.1, 0.15) is 24.3 Å². The minimum atomic E-state index is -1.07. The second kappa shape index (κ2) is 5.03. The molecule has 88 valence electrons. The Balaban J connectivity index is 2.84. The SMILES string of the molecule is CCn1cc(Cl)cc1C(=O)N[C@H](C)C(=O)O. The average Bonchev–Trinajstić information content (AvgIpc) is 2.59. The largest absolute Gasteiger partial charge is 0.480 e. The van der Waals surface area contributed by atoms with Crippen LogP contribution in [-0.4, -0.2) is 27.6 Å². The first kappa shape index (κ1) is 12.6. The fraction of sp³-hybridized carbons (Fsp3) is 0.400. The van der Waals surface area contributed by atoms with Crippen LogP contribution in [0.15, 0.2) is 12.3 Å². The summed E-state index contributed by atoms with van der Waals surface area (Å²) in [5, 5.41) is 11.5. The molecular weight excluding hydrogens is 232 g/mol. The van der Waals surface area contributed by atoms with Crippen LogP contribution in [0.3, 0.4) is 0 Å². The van der Waals surface area contributed by atoms with Crippen molar-refractivity contribution in [1.29, 1.82) is 0 Å². The lowest BCUT2D eigenvalue weighted by molar-refractivity contribution is -0.138. The Morgan fingerprint density at radius 1 is 1.62 bits per heavy atom. The zero-order valence-corrected chi connectivity index (χ0v) is 9.78. The molecule has 6 heteroatoms. The number of aryl methyl sites for hydroxylation is 1. The van der Waals surface area contributed by atoms with E-state index in [0.717, 1.165) is 0 Å². The Labute approximate surface area is 98.0 Å². The molecule has 2 N–H and O–H groups in total.